The van der Waals surface area contributed by atoms with E-state index >= 15 is 0 Å². The Morgan fingerprint density at radius 2 is 2.00 bits per heavy atom. The van der Waals surface area contributed by atoms with Gasteiger partial charge in [-0.15, -0.1) is 23.1 Å². The molecule has 0 spiro atoms. The number of halogens is 2. The van der Waals surface area contributed by atoms with Gasteiger partial charge in [-0.05, 0) is 50.1 Å². The minimum absolute atomic E-state index is 0.167. The topological polar surface area (TPSA) is 72.2 Å². The van der Waals surface area contributed by atoms with Gasteiger partial charge in [0.1, 0.15) is 0 Å². The van der Waals surface area contributed by atoms with Crippen molar-refractivity contribution in [2.45, 2.75) is 4.90 Å². The average Bonchev–Trinajstić information content (AvgIpc) is 2.76. The van der Waals surface area contributed by atoms with Crippen LogP contribution in [-0.2, 0) is 4.79 Å². The maximum Gasteiger partial charge on any atom is 0.257 e. The Morgan fingerprint density at radius 3 is 2.62 bits per heavy atom. The van der Waals surface area contributed by atoms with E-state index in [1.165, 1.54) is 23.1 Å². The van der Waals surface area contributed by atoms with Crippen LogP contribution in [0.2, 0.25) is 0 Å². The second-order valence-corrected chi connectivity index (χ2v) is 8.71. The molecule has 110 valence electrons. The lowest BCUT2D eigenvalue weighted by molar-refractivity contribution is -0.115. The number of benzene rings is 1. The molecule has 2 amide bonds. The van der Waals surface area contributed by atoms with Crippen molar-refractivity contribution in [3.63, 3.8) is 0 Å². The summed E-state index contributed by atoms with van der Waals surface area (Å²) in [6.07, 6.45) is 0. The molecule has 0 aliphatic rings. The molecule has 0 bridgehead atoms. The molecule has 0 atom stereocenters. The second-order valence-electron chi connectivity index (χ2n) is 3.94. The quantitative estimate of drug-likeness (QED) is 0.674. The molecule has 3 N–H and O–H groups in total. The Balaban J connectivity index is 2.17. The summed E-state index contributed by atoms with van der Waals surface area (Å²) in [5, 5.41) is 2.85. The number of nitrogens with one attached hydrogen (secondary N) is 1. The molecule has 1 aromatic heterocycles. The Hall–Kier alpha value is -0.830. The van der Waals surface area contributed by atoms with Crippen LogP contribution in [0, 0.1) is 0 Å². The van der Waals surface area contributed by atoms with Crippen LogP contribution in [0.4, 0.5) is 5.69 Å². The van der Waals surface area contributed by atoms with Gasteiger partial charge >= 0.3 is 0 Å². The minimum atomic E-state index is -0.398. The van der Waals surface area contributed by atoms with E-state index in [1.807, 2.05) is 18.2 Å². The molecule has 2 rings (SSSR count). The number of amides is 2. The molecule has 4 nitrogen and oxygen atoms in total. The maximum atomic E-state index is 12.3. The summed E-state index contributed by atoms with van der Waals surface area (Å²) in [7, 11) is 0. The molecule has 1 aromatic carbocycles. The lowest BCUT2D eigenvalue weighted by Gasteiger charge is -2.09. The van der Waals surface area contributed by atoms with Crippen LogP contribution in [0.25, 0.3) is 0 Å². The second kappa shape index (κ2) is 7.44. The summed E-state index contributed by atoms with van der Waals surface area (Å²) in [5.74, 6) is -0.442. The van der Waals surface area contributed by atoms with Crippen molar-refractivity contribution < 1.29 is 9.59 Å². The number of hydrogen-bond donors (Lipinski definition) is 2. The van der Waals surface area contributed by atoms with Crippen LogP contribution in [0.1, 0.15) is 10.4 Å². The number of primary amides is 1. The van der Waals surface area contributed by atoms with Crippen molar-refractivity contribution in [2.75, 3.05) is 11.1 Å². The zero-order valence-corrected chi connectivity index (χ0v) is 15.4. The largest absolute Gasteiger partial charge is 0.369 e. The molecule has 2 aromatic rings. The molecular formula is C13H10Br2N2O2S2. The Morgan fingerprint density at radius 1 is 1.29 bits per heavy atom. The first-order valence-electron chi connectivity index (χ1n) is 5.73. The van der Waals surface area contributed by atoms with Crippen molar-refractivity contribution in [1.29, 1.82) is 0 Å². The molecule has 1 heterocycles. The molecule has 0 fully saturated rings. The van der Waals surface area contributed by atoms with Crippen LogP contribution >= 0.6 is 55.0 Å². The third-order valence-electron chi connectivity index (χ3n) is 2.41. The normalized spacial score (nSPS) is 10.4. The molecule has 0 unspecified atom stereocenters. The number of hydrogen-bond acceptors (Lipinski definition) is 4. The fourth-order valence-corrected chi connectivity index (χ4v) is 5.07. The van der Waals surface area contributed by atoms with E-state index in [9.17, 15) is 9.59 Å². The van der Waals surface area contributed by atoms with Gasteiger partial charge in [-0.2, -0.15) is 0 Å². The molecule has 0 saturated heterocycles. The Labute approximate surface area is 146 Å². The first kappa shape index (κ1) is 16.5. The maximum absolute atomic E-state index is 12.3. The molecule has 21 heavy (non-hydrogen) atoms. The number of anilines is 1. The average molecular weight is 450 g/mol. The summed E-state index contributed by atoms with van der Waals surface area (Å²) >= 11 is 9.43. The van der Waals surface area contributed by atoms with Gasteiger partial charge in [-0.1, -0.05) is 12.1 Å². The molecule has 0 saturated carbocycles. The standard InChI is InChI=1S/C13H10Br2N2O2S2/c14-10-5-7(12(15)21-10)13(19)17-8-3-1-2-4-9(8)20-6-11(16)18/h1-5H,6H2,(H2,16,18)(H,17,19). The van der Waals surface area contributed by atoms with E-state index in [0.717, 1.165) is 12.5 Å². The highest BCUT2D eigenvalue weighted by atomic mass is 79.9. The monoisotopic (exact) mass is 448 g/mol. The number of carbonyl (C=O) groups excluding carboxylic acids is 2. The van der Waals surface area contributed by atoms with Gasteiger partial charge in [0.25, 0.3) is 5.91 Å². The summed E-state index contributed by atoms with van der Waals surface area (Å²) in [5.41, 5.74) is 6.36. The predicted molar refractivity (Wildman–Crippen MR) is 94.0 cm³/mol. The third kappa shape index (κ3) is 4.57. The number of thiophene rings is 1. The van der Waals surface area contributed by atoms with Crippen LogP contribution in [0.15, 0.2) is 42.8 Å². The predicted octanol–water partition coefficient (Wildman–Crippen LogP) is 4.10. The van der Waals surface area contributed by atoms with Gasteiger partial charge in [-0.25, -0.2) is 0 Å². The SMILES string of the molecule is NC(=O)CSc1ccccc1NC(=O)c1cc(Br)sc1Br. The van der Waals surface area contributed by atoms with E-state index in [0.29, 0.717) is 11.3 Å². The highest BCUT2D eigenvalue weighted by Crippen LogP contribution is 2.33. The summed E-state index contributed by atoms with van der Waals surface area (Å²) in [4.78, 5) is 24.0. The zero-order valence-electron chi connectivity index (χ0n) is 10.6. The van der Waals surface area contributed by atoms with Gasteiger partial charge in [0, 0.05) is 4.90 Å². The number of thioether (sulfide) groups is 1. The van der Waals surface area contributed by atoms with Gasteiger partial charge in [0.05, 0.1) is 24.6 Å². The lowest BCUT2D eigenvalue weighted by Crippen LogP contribution is -2.14. The first-order valence-corrected chi connectivity index (χ1v) is 9.12. The molecule has 8 heteroatoms. The highest BCUT2D eigenvalue weighted by Gasteiger charge is 2.15. The van der Waals surface area contributed by atoms with Crippen LogP contribution in [0.3, 0.4) is 0 Å². The summed E-state index contributed by atoms with van der Waals surface area (Å²) < 4.78 is 1.63. The molecule has 0 aliphatic heterocycles. The van der Waals surface area contributed by atoms with E-state index in [-0.39, 0.29) is 11.7 Å². The number of rotatable bonds is 5. The van der Waals surface area contributed by atoms with E-state index in [1.54, 1.807) is 12.1 Å². The van der Waals surface area contributed by atoms with Crippen molar-refractivity contribution in [1.82, 2.24) is 0 Å². The Bertz CT molecular complexity index is 689. The smallest absolute Gasteiger partial charge is 0.257 e. The first-order chi connectivity index (χ1) is 9.97. The fraction of sp³-hybridized carbons (Fsp3) is 0.0769. The fourth-order valence-electron chi connectivity index (χ4n) is 1.53. The van der Waals surface area contributed by atoms with Crippen LogP contribution in [0.5, 0.6) is 0 Å². The Kier molecular flexibility index (Phi) is 5.86. The van der Waals surface area contributed by atoms with Crippen molar-refractivity contribution in [2.24, 2.45) is 5.73 Å². The van der Waals surface area contributed by atoms with E-state index < -0.39 is 5.91 Å². The van der Waals surface area contributed by atoms with Crippen molar-refractivity contribution >= 4 is 72.5 Å². The van der Waals surface area contributed by atoms with Gasteiger partial charge in [0.15, 0.2) is 0 Å². The van der Waals surface area contributed by atoms with Crippen LogP contribution in [-0.4, -0.2) is 17.6 Å². The van der Waals surface area contributed by atoms with Crippen molar-refractivity contribution in [3.05, 3.63) is 43.5 Å². The van der Waals surface area contributed by atoms with E-state index in [4.69, 9.17) is 5.73 Å². The molecule has 0 radical (unpaired) electrons. The van der Waals surface area contributed by atoms with Crippen molar-refractivity contribution in [3.8, 4) is 0 Å². The number of nitrogens with two attached hydrogens (primary N) is 1. The zero-order chi connectivity index (χ0) is 15.4. The molecule has 0 aliphatic carbocycles. The molecular weight excluding hydrogens is 440 g/mol. The number of para-hydroxylation sites is 1. The summed E-state index contributed by atoms with van der Waals surface area (Å²) in [6.45, 7) is 0. The van der Waals surface area contributed by atoms with Gasteiger partial charge in [0.2, 0.25) is 5.91 Å². The number of carbonyl (C=O) groups is 2. The highest BCUT2D eigenvalue weighted by molar-refractivity contribution is 9.12. The lowest BCUT2D eigenvalue weighted by atomic mass is 10.3. The van der Waals surface area contributed by atoms with Crippen LogP contribution < -0.4 is 11.1 Å². The third-order valence-corrected chi connectivity index (χ3v) is 5.84. The summed E-state index contributed by atoms with van der Waals surface area (Å²) in [6, 6.07) is 9.04. The van der Waals surface area contributed by atoms with Gasteiger partial charge < -0.3 is 11.1 Å². The van der Waals surface area contributed by atoms with E-state index in [2.05, 4.69) is 37.2 Å². The van der Waals surface area contributed by atoms with Gasteiger partial charge in [-0.3, -0.25) is 9.59 Å². The minimum Gasteiger partial charge on any atom is -0.369 e.